The lowest BCUT2D eigenvalue weighted by Crippen LogP contribution is -2.40. The highest BCUT2D eigenvalue weighted by Crippen LogP contribution is 2.37. The van der Waals surface area contributed by atoms with Gasteiger partial charge in [0.2, 0.25) is 0 Å². The second-order valence-electron chi connectivity index (χ2n) is 7.82. The van der Waals surface area contributed by atoms with Crippen molar-refractivity contribution in [3.63, 3.8) is 0 Å². The fourth-order valence-electron chi connectivity index (χ4n) is 4.12. The number of carbonyl (C=O) groups excluding carboxylic acids is 1. The lowest BCUT2D eigenvalue weighted by atomic mass is 9.99. The molecule has 0 saturated carbocycles. The van der Waals surface area contributed by atoms with Gasteiger partial charge in [-0.1, -0.05) is 43.3 Å². The number of nitriles is 1. The summed E-state index contributed by atoms with van der Waals surface area (Å²) >= 11 is 0. The number of aliphatic hydroxyl groups is 3. The standard InChI is InChI=1S/C24H29N3O4/c1-2-19-7-5-11-27(19)23-17(10-9-16-6-3-4-8-20(16)23)12-18(13-25)24(31)26-14-21(29)22(30)15-28/h3-4,6,8-10,12,19,21-22,28-30H,2,5,7,11,14-15H2,1H3,(H,26,31)/b18-12+. The minimum Gasteiger partial charge on any atom is -0.394 e. The van der Waals surface area contributed by atoms with Gasteiger partial charge in [-0.05, 0) is 36.3 Å². The Bertz CT molecular complexity index is 998. The highest BCUT2D eigenvalue weighted by Gasteiger charge is 2.26. The van der Waals surface area contributed by atoms with E-state index in [-0.39, 0.29) is 12.1 Å². The molecule has 7 nitrogen and oxygen atoms in total. The van der Waals surface area contributed by atoms with E-state index in [4.69, 9.17) is 5.11 Å². The Balaban J connectivity index is 1.97. The monoisotopic (exact) mass is 423 g/mol. The van der Waals surface area contributed by atoms with Gasteiger partial charge in [0, 0.05) is 24.5 Å². The summed E-state index contributed by atoms with van der Waals surface area (Å²) in [7, 11) is 0. The van der Waals surface area contributed by atoms with Crippen LogP contribution in [0.3, 0.4) is 0 Å². The van der Waals surface area contributed by atoms with E-state index in [1.165, 1.54) is 0 Å². The first-order valence-electron chi connectivity index (χ1n) is 10.7. The van der Waals surface area contributed by atoms with Gasteiger partial charge in [-0.2, -0.15) is 5.26 Å². The van der Waals surface area contributed by atoms with E-state index in [1.54, 1.807) is 6.08 Å². The summed E-state index contributed by atoms with van der Waals surface area (Å²) in [5.74, 6) is -0.640. The second kappa shape index (κ2) is 10.4. The van der Waals surface area contributed by atoms with Gasteiger partial charge in [-0.25, -0.2) is 0 Å². The predicted molar refractivity (Wildman–Crippen MR) is 120 cm³/mol. The number of nitrogens with one attached hydrogen (secondary N) is 1. The van der Waals surface area contributed by atoms with Crippen molar-refractivity contribution in [2.45, 2.75) is 44.4 Å². The SMILES string of the molecule is CCC1CCCN1c1c(/C=C(\C#N)C(=O)NCC(O)C(O)CO)ccc2ccccc12. The molecule has 7 heteroatoms. The Labute approximate surface area is 182 Å². The first-order chi connectivity index (χ1) is 15.0. The molecule has 3 unspecified atom stereocenters. The zero-order valence-electron chi connectivity index (χ0n) is 17.7. The van der Waals surface area contributed by atoms with E-state index >= 15 is 0 Å². The summed E-state index contributed by atoms with van der Waals surface area (Å²) in [6.07, 6.45) is 2.13. The number of hydrogen-bond acceptors (Lipinski definition) is 6. The zero-order valence-corrected chi connectivity index (χ0v) is 17.7. The molecule has 0 radical (unpaired) electrons. The van der Waals surface area contributed by atoms with Gasteiger partial charge in [0.25, 0.3) is 5.91 Å². The number of anilines is 1. The maximum atomic E-state index is 12.5. The molecule has 0 aromatic heterocycles. The molecule has 2 aromatic rings. The van der Waals surface area contributed by atoms with E-state index in [2.05, 4.69) is 29.3 Å². The predicted octanol–water partition coefficient (Wildman–Crippen LogP) is 1.96. The van der Waals surface area contributed by atoms with Gasteiger partial charge in [0.1, 0.15) is 17.7 Å². The van der Waals surface area contributed by atoms with Crippen LogP contribution < -0.4 is 10.2 Å². The van der Waals surface area contributed by atoms with Gasteiger partial charge in [0.05, 0.1) is 18.4 Å². The highest BCUT2D eigenvalue weighted by molar-refractivity contribution is 6.05. The number of fused-ring (bicyclic) bond motifs is 1. The summed E-state index contributed by atoms with van der Waals surface area (Å²) in [6.45, 7) is 2.21. The smallest absolute Gasteiger partial charge is 0.262 e. The molecular weight excluding hydrogens is 394 g/mol. The van der Waals surface area contributed by atoms with Gasteiger partial charge < -0.3 is 25.5 Å². The van der Waals surface area contributed by atoms with Crippen molar-refractivity contribution in [3.05, 3.63) is 47.5 Å². The Kier molecular flexibility index (Phi) is 7.64. The van der Waals surface area contributed by atoms with Crippen LogP contribution in [0.4, 0.5) is 5.69 Å². The number of nitrogens with zero attached hydrogens (tertiary/aromatic N) is 2. The molecule has 3 rings (SSSR count). The first kappa shape index (κ1) is 22.8. The van der Waals surface area contributed by atoms with Crippen molar-refractivity contribution in [2.75, 3.05) is 24.6 Å². The van der Waals surface area contributed by atoms with E-state index in [0.29, 0.717) is 6.04 Å². The van der Waals surface area contributed by atoms with E-state index in [0.717, 1.165) is 47.8 Å². The van der Waals surface area contributed by atoms with Crippen LogP contribution in [0.5, 0.6) is 0 Å². The second-order valence-corrected chi connectivity index (χ2v) is 7.82. The average molecular weight is 424 g/mol. The average Bonchev–Trinajstić information content (AvgIpc) is 3.28. The van der Waals surface area contributed by atoms with Crippen LogP contribution in [-0.4, -0.2) is 59.2 Å². The van der Waals surface area contributed by atoms with Crippen molar-refractivity contribution in [1.29, 1.82) is 5.26 Å². The van der Waals surface area contributed by atoms with Gasteiger partial charge in [-0.15, -0.1) is 0 Å². The molecule has 2 aromatic carbocycles. The number of hydrogen-bond donors (Lipinski definition) is 4. The Hall–Kier alpha value is -2.92. The van der Waals surface area contributed by atoms with E-state index < -0.39 is 24.7 Å². The quantitative estimate of drug-likeness (QED) is 0.381. The zero-order chi connectivity index (χ0) is 22.4. The normalized spacial score (nSPS) is 18.6. The van der Waals surface area contributed by atoms with Crippen molar-refractivity contribution < 1.29 is 20.1 Å². The fraction of sp³-hybridized carbons (Fsp3) is 0.417. The molecule has 1 saturated heterocycles. The summed E-state index contributed by atoms with van der Waals surface area (Å²) < 4.78 is 0. The van der Waals surface area contributed by atoms with E-state index in [1.807, 2.05) is 30.3 Å². The molecule has 164 valence electrons. The molecule has 0 aliphatic carbocycles. The molecule has 1 fully saturated rings. The molecule has 31 heavy (non-hydrogen) atoms. The Morgan fingerprint density at radius 3 is 2.77 bits per heavy atom. The molecule has 1 aliphatic heterocycles. The summed E-state index contributed by atoms with van der Waals surface area (Å²) in [4.78, 5) is 14.9. The van der Waals surface area contributed by atoms with Crippen molar-refractivity contribution >= 4 is 28.4 Å². The first-order valence-corrected chi connectivity index (χ1v) is 10.7. The third kappa shape index (κ3) is 5.05. The fourth-order valence-corrected chi connectivity index (χ4v) is 4.12. The minimum absolute atomic E-state index is 0.0885. The minimum atomic E-state index is -1.36. The van der Waals surface area contributed by atoms with Gasteiger partial charge in [-0.3, -0.25) is 4.79 Å². The number of aliphatic hydroxyl groups excluding tert-OH is 3. The molecule has 1 aliphatic rings. The summed E-state index contributed by atoms with van der Waals surface area (Å²) in [5, 5.41) is 42.3. The summed E-state index contributed by atoms with van der Waals surface area (Å²) in [6, 6.07) is 14.4. The molecule has 0 bridgehead atoms. The molecule has 0 spiro atoms. The third-order valence-electron chi connectivity index (χ3n) is 5.84. The van der Waals surface area contributed by atoms with Crippen molar-refractivity contribution in [1.82, 2.24) is 5.32 Å². The topological polar surface area (TPSA) is 117 Å². The maximum absolute atomic E-state index is 12.5. The Morgan fingerprint density at radius 1 is 1.29 bits per heavy atom. The third-order valence-corrected chi connectivity index (χ3v) is 5.84. The number of rotatable bonds is 8. The van der Waals surface area contributed by atoms with E-state index in [9.17, 15) is 20.3 Å². The van der Waals surface area contributed by atoms with Crippen LogP contribution >= 0.6 is 0 Å². The van der Waals surface area contributed by atoms with Gasteiger partial charge in [0.15, 0.2) is 0 Å². The van der Waals surface area contributed by atoms with Crippen LogP contribution in [0.25, 0.3) is 16.8 Å². The number of carbonyl (C=O) groups is 1. The van der Waals surface area contributed by atoms with Crippen LogP contribution in [0.2, 0.25) is 0 Å². The molecule has 1 heterocycles. The van der Waals surface area contributed by atoms with Crippen molar-refractivity contribution in [3.8, 4) is 6.07 Å². The molecular formula is C24H29N3O4. The van der Waals surface area contributed by atoms with Crippen molar-refractivity contribution in [2.24, 2.45) is 0 Å². The lowest BCUT2D eigenvalue weighted by Gasteiger charge is -2.29. The molecule has 1 amide bonds. The maximum Gasteiger partial charge on any atom is 0.262 e. The highest BCUT2D eigenvalue weighted by atomic mass is 16.4. The Morgan fingerprint density at radius 2 is 2.06 bits per heavy atom. The largest absolute Gasteiger partial charge is 0.394 e. The van der Waals surface area contributed by atoms with Crippen LogP contribution in [0.15, 0.2) is 42.0 Å². The number of benzene rings is 2. The van der Waals surface area contributed by atoms with Gasteiger partial charge >= 0.3 is 0 Å². The van der Waals surface area contributed by atoms with Crippen LogP contribution in [0, 0.1) is 11.3 Å². The van der Waals surface area contributed by atoms with Crippen LogP contribution in [-0.2, 0) is 4.79 Å². The lowest BCUT2D eigenvalue weighted by molar-refractivity contribution is -0.118. The van der Waals surface area contributed by atoms with Crippen LogP contribution in [0.1, 0.15) is 31.7 Å². The molecule has 3 atom stereocenters. The molecule has 4 N–H and O–H groups in total. The summed E-state index contributed by atoms with van der Waals surface area (Å²) in [5.41, 5.74) is 1.73. The number of amides is 1.